The molecular weight excluding hydrogens is 421 g/mol. The monoisotopic (exact) mass is 433 g/mol. The van der Waals surface area contributed by atoms with Crippen molar-refractivity contribution in [1.82, 2.24) is 4.98 Å². The molecule has 0 bridgehead atoms. The molecule has 0 aliphatic rings. The number of ether oxygens (including phenoxy) is 3. The third-order valence-electron chi connectivity index (χ3n) is 3.36. The van der Waals surface area contributed by atoms with Crippen molar-refractivity contribution in [3.63, 3.8) is 0 Å². The third-order valence-corrected chi connectivity index (χ3v) is 4.46. The maximum absolute atomic E-state index is 11.2. The van der Waals surface area contributed by atoms with Crippen molar-refractivity contribution in [1.29, 1.82) is 0 Å². The molecule has 1 heterocycles. The Kier molecular flexibility index (Phi) is 6.95. The Bertz CT molecular complexity index is 906. The van der Waals surface area contributed by atoms with Gasteiger partial charge < -0.3 is 19.3 Å². The molecule has 0 spiro atoms. The molecule has 27 heavy (non-hydrogen) atoms. The number of anilines is 1. The molecule has 11 heteroatoms. The second-order valence-corrected chi connectivity index (χ2v) is 5.97. The van der Waals surface area contributed by atoms with Crippen LogP contribution in [0.5, 0.6) is 17.2 Å². The molecule has 0 atom stereocenters. The molecule has 0 aliphatic carbocycles. The van der Waals surface area contributed by atoms with E-state index in [1.165, 1.54) is 27.5 Å². The smallest absolute Gasteiger partial charge is 0.356 e. The van der Waals surface area contributed by atoms with Crippen LogP contribution in [0, 0.1) is 0 Å². The summed E-state index contributed by atoms with van der Waals surface area (Å²) in [6.07, 6.45) is 1.40. The van der Waals surface area contributed by atoms with Crippen molar-refractivity contribution < 1.29 is 24.1 Å². The van der Waals surface area contributed by atoms with Gasteiger partial charge in [-0.05, 0) is 12.1 Å². The van der Waals surface area contributed by atoms with Crippen LogP contribution in [0.2, 0.25) is 15.2 Å². The minimum absolute atomic E-state index is 0.00595. The summed E-state index contributed by atoms with van der Waals surface area (Å²) in [5.41, 5.74) is 2.68. The highest BCUT2D eigenvalue weighted by molar-refractivity contribution is 6.46. The number of nitrogens with zero attached hydrogens (tertiary/aromatic N) is 2. The highest BCUT2D eigenvalue weighted by Gasteiger charge is 2.21. The van der Waals surface area contributed by atoms with Gasteiger partial charge in [0.15, 0.2) is 22.3 Å². The number of methoxy groups -OCH3 is 3. The first-order valence-electron chi connectivity index (χ1n) is 7.21. The molecule has 2 rings (SSSR count). The standard InChI is InChI=1S/C16H14Cl3N3O5/c1-25-8-5-4-7(13(26-2)14(8)27-3)6-20-22-11-9(17)12(16(23)24)21-15(19)10(11)18/h4-6H,1-3H3,(H,21,22)(H,23,24). The Morgan fingerprint density at radius 2 is 1.78 bits per heavy atom. The highest BCUT2D eigenvalue weighted by atomic mass is 35.5. The minimum atomic E-state index is -1.35. The number of aromatic nitrogens is 1. The number of aromatic carboxylic acids is 1. The van der Waals surface area contributed by atoms with Gasteiger partial charge in [-0.3, -0.25) is 5.43 Å². The maximum Gasteiger partial charge on any atom is 0.356 e. The lowest BCUT2D eigenvalue weighted by Gasteiger charge is -2.14. The van der Waals surface area contributed by atoms with Crippen molar-refractivity contribution >= 4 is 52.7 Å². The summed E-state index contributed by atoms with van der Waals surface area (Å²) < 4.78 is 15.8. The van der Waals surface area contributed by atoms with Crippen molar-refractivity contribution in [2.75, 3.05) is 26.8 Å². The van der Waals surface area contributed by atoms with Gasteiger partial charge in [-0.1, -0.05) is 34.8 Å². The lowest BCUT2D eigenvalue weighted by atomic mass is 10.2. The molecule has 0 saturated carbocycles. The molecule has 1 aromatic carbocycles. The zero-order valence-electron chi connectivity index (χ0n) is 14.3. The van der Waals surface area contributed by atoms with Gasteiger partial charge in [0.25, 0.3) is 0 Å². The SMILES string of the molecule is COc1ccc(C=NNc2c(Cl)c(Cl)nc(C(=O)O)c2Cl)c(OC)c1OC. The highest BCUT2D eigenvalue weighted by Crippen LogP contribution is 2.39. The quantitative estimate of drug-likeness (QED) is 0.382. The van der Waals surface area contributed by atoms with Crippen LogP contribution in [0.1, 0.15) is 16.1 Å². The molecule has 8 nitrogen and oxygen atoms in total. The Morgan fingerprint density at radius 1 is 1.11 bits per heavy atom. The van der Waals surface area contributed by atoms with Gasteiger partial charge in [-0.2, -0.15) is 5.10 Å². The molecule has 2 aromatic rings. The third kappa shape index (κ3) is 4.29. The number of rotatable bonds is 7. The Hall–Kier alpha value is -2.42. The first-order valence-corrected chi connectivity index (χ1v) is 8.34. The molecule has 0 unspecified atom stereocenters. The number of nitrogens with one attached hydrogen (secondary N) is 1. The van der Waals surface area contributed by atoms with Crippen molar-refractivity contribution in [2.24, 2.45) is 5.10 Å². The minimum Gasteiger partial charge on any atom is -0.493 e. The number of halogens is 3. The summed E-state index contributed by atoms with van der Waals surface area (Å²) in [5, 5.41) is 12.6. The maximum atomic E-state index is 11.2. The molecule has 1 aromatic heterocycles. The first kappa shape index (κ1) is 20.9. The van der Waals surface area contributed by atoms with E-state index in [1.54, 1.807) is 12.1 Å². The van der Waals surface area contributed by atoms with Gasteiger partial charge >= 0.3 is 5.97 Å². The van der Waals surface area contributed by atoms with Crippen molar-refractivity contribution in [2.45, 2.75) is 0 Å². The molecule has 2 N–H and O–H groups in total. The Labute approximate surface area is 169 Å². The second-order valence-electron chi connectivity index (χ2n) is 4.85. The predicted octanol–water partition coefficient (Wildman–Crippen LogP) is 4.21. The summed E-state index contributed by atoms with van der Waals surface area (Å²) in [4.78, 5) is 14.8. The molecule has 0 aliphatic heterocycles. The number of pyridine rings is 1. The first-order chi connectivity index (χ1) is 12.8. The number of hydrazone groups is 1. The number of hydrogen-bond acceptors (Lipinski definition) is 7. The lowest BCUT2D eigenvalue weighted by Crippen LogP contribution is -2.05. The van der Waals surface area contributed by atoms with E-state index in [0.29, 0.717) is 22.8 Å². The van der Waals surface area contributed by atoms with Crippen LogP contribution in [-0.4, -0.2) is 43.6 Å². The van der Waals surface area contributed by atoms with Crippen LogP contribution in [0.15, 0.2) is 17.2 Å². The summed E-state index contributed by atoms with van der Waals surface area (Å²) >= 11 is 17.9. The number of carbonyl (C=O) groups is 1. The van der Waals surface area contributed by atoms with E-state index in [-0.39, 0.29) is 20.9 Å². The van der Waals surface area contributed by atoms with Gasteiger partial charge in [-0.25, -0.2) is 9.78 Å². The average Bonchev–Trinajstić information content (AvgIpc) is 2.66. The summed E-state index contributed by atoms with van der Waals surface area (Å²) in [6, 6.07) is 3.37. The number of carboxylic acid groups (broad SMARTS) is 1. The lowest BCUT2D eigenvalue weighted by molar-refractivity contribution is 0.0691. The summed E-state index contributed by atoms with van der Waals surface area (Å²) in [5.74, 6) is -0.0940. The van der Waals surface area contributed by atoms with Gasteiger partial charge in [0.1, 0.15) is 10.0 Å². The summed E-state index contributed by atoms with van der Waals surface area (Å²) in [7, 11) is 4.45. The largest absolute Gasteiger partial charge is 0.493 e. The predicted molar refractivity (Wildman–Crippen MR) is 104 cm³/mol. The molecule has 0 amide bonds. The number of benzene rings is 1. The molecule has 144 valence electrons. The average molecular weight is 435 g/mol. The summed E-state index contributed by atoms with van der Waals surface area (Å²) in [6.45, 7) is 0. The van der Waals surface area contributed by atoms with Crippen LogP contribution in [-0.2, 0) is 0 Å². The van der Waals surface area contributed by atoms with Gasteiger partial charge in [0.05, 0.1) is 33.2 Å². The molecule has 0 saturated heterocycles. The fourth-order valence-electron chi connectivity index (χ4n) is 2.15. The van der Waals surface area contributed by atoms with E-state index in [4.69, 9.17) is 54.1 Å². The zero-order valence-corrected chi connectivity index (χ0v) is 16.6. The molecule has 0 radical (unpaired) electrons. The molecular formula is C16H14Cl3N3O5. The van der Waals surface area contributed by atoms with Gasteiger partial charge in [0, 0.05) is 5.56 Å². The number of hydrogen-bond donors (Lipinski definition) is 2. The zero-order chi connectivity index (χ0) is 20.1. The fraction of sp³-hybridized carbons (Fsp3) is 0.188. The van der Waals surface area contributed by atoms with Crippen LogP contribution in [0.25, 0.3) is 0 Å². The normalized spacial score (nSPS) is 10.7. The van der Waals surface area contributed by atoms with Crippen LogP contribution in [0.4, 0.5) is 5.69 Å². The van der Waals surface area contributed by atoms with E-state index in [9.17, 15) is 4.79 Å². The van der Waals surface area contributed by atoms with E-state index in [2.05, 4.69) is 15.5 Å². The second kappa shape index (κ2) is 8.98. The van der Waals surface area contributed by atoms with Crippen LogP contribution >= 0.6 is 34.8 Å². The Balaban J connectivity index is 2.40. The molecule has 0 fully saturated rings. The van der Waals surface area contributed by atoms with E-state index in [1.807, 2.05) is 0 Å². The fourth-order valence-corrected chi connectivity index (χ4v) is 2.81. The van der Waals surface area contributed by atoms with Crippen molar-refractivity contribution in [3.05, 3.63) is 38.6 Å². The van der Waals surface area contributed by atoms with Crippen LogP contribution in [0.3, 0.4) is 0 Å². The van der Waals surface area contributed by atoms with E-state index in [0.717, 1.165) is 0 Å². The van der Waals surface area contributed by atoms with Gasteiger partial charge in [-0.15, -0.1) is 0 Å². The Morgan fingerprint density at radius 3 is 2.33 bits per heavy atom. The van der Waals surface area contributed by atoms with Gasteiger partial charge in [0.2, 0.25) is 5.75 Å². The van der Waals surface area contributed by atoms with E-state index >= 15 is 0 Å². The topological polar surface area (TPSA) is 102 Å². The van der Waals surface area contributed by atoms with Crippen LogP contribution < -0.4 is 19.6 Å². The number of carboxylic acids is 1. The van der Waals surface area contributed by atoms with Crippen molar-refractivity contribution in [3.8, 4) is 17.2 Å². The van der Waals surface area contributed by atoms with E-state index < -0.39 is 11.7 Å².